The van der Waals surface area contributed by atoms with Gasteiger partial charge in [-0.3, -0.25) is 15.0 Å². The number of halogens is 4. The van der Waals surface area contributed by atoms with Crippen LogP contribution in [0, 0.1) is 29.9 Å². The van der Waals surface area contributed by atoms with Crippen molar-refractivity contribution in [3.63, 3.8) is 0 Å². The van der Waals surface area contributed by atoms with Crippen LogP contribution in [-0.2, 0) is 12.0 Å². The van der Waals surface area contributed by atoms with Crippen molar-refractivity contribution in [1.82, 2.24) is 15.0 Å². The molecular weight excluding hydrogens is 478 g/mol. The highest BCUT2D eigenvalue weighted by molar-refractivity contribution is 8.15. The van der Waals surface area contributed by atoms with E-state index >= 15 is 4.39 Å². The number of benzene rings is 1. The molecule has 5 rings (SSSR count). The maximum Gasteiger partial charge on any atom is 0.253 e. The number of thioether (sulfide) groups is 1. The number of terminal acetylenes is 1. The molecule has 2 aliphatic rings. The van der Waals surface area contributed by atoms with Crippen molar-refractivity contribution in [1.29, 1.82) is 0 Å². The number of rotatable bonds is 5. The number of alkyl halides is 2. The van der Waals surface area contributed by atoms with Crippen LogP contribution in [0.1, 0.15) is 48.7 Å². The molecule has 2 aromatic heterocycles. The van der Waals surface area contributed by atoms with Gasteiger partial charge in [0.2, 0.25) is 0 Å². The molecular formula is C25H21F4N5S. The van der Waals surface area contributed by atoms with Crippen LogP contribution in [0.2, 0.25) is 0 Å². The zero-order chi connectivity index (χ0) is 25.1. The third kappa shape index (κ3) is 3.73. The molecule has 3 heterocycles. The minimum Gasteiger partial charge on any atom is -0.378 e. The summed E-state index contributed by atoms with van der Waals surface area (Å²) in [6, 6.07) is 4.23. The van der Waals surface area contributed by atoms with Crippen LogP contribution in [0.4, 0.5) is 17.6 Å². The zero-order valence-electron chi connectivity index (χ0n) is 18.9. The van der Waals surface area contributed by atoms with Crippen molar-refractivity contribution in [3.05, 3.63) is 64.7 Å². The van der Waals surface area contributed by atoms with Crippen LogP contribution < -0.4 is 5.73 Å². The highest BCUT2D eigenvalue weighted by Gasteiger charge is 2.71. The summed E-state index contributed by atoms with van der Waals surface area (Å²) in [5, 5.41) is -0.0604. The first-order valence-corrected chi connectivity index (χ1v) is 11.8. The molecule has 1 aliphatic heterocycles. The number of hydrogen-bond acceptors (Lipinski definition) is 6. The second kappa shape index (κ2) is 8.19. The number of amidine groups is 1. The van der Waals surface area contributed by atoms with E-state index in [1.807, 2.05) is 6.92 Å². The number of fused-ring (bicyclic) bond motifs is 2. The van der Waals surface area contributed by atoms with Crippen LogP contribution in [0.3, 0.4) is 0 Å². The largest absolute Gasteiger partial charge is 0.378 e. The molecule has 3 aromatic rings. The van der Waals surface area contributed by atoms with E-state index in [1.54, 1.807) is 18.5 Å². The molecule has 1 aliphatic carbocycles. The summed E-state index contributed by atoms with van der Waals surface area (Å²) in [7, 11) is 0. The molecule has 2 N–H and O–H groups in total. The smallest absolute Gasteiger partial charge is 0.253 e. The van der Waals surface area contributed by atoms with Gasteiger partial charge in [0.05, 0.1) is 39.3 Å². The van der Waals surface area contributed by atoms with Gasteiger partial charge in [-0.2, -0.15) is 0 Å². The van der Waals surface area contributed by atoms with E-state index in [1.165, 1.54) is 13.0 Å². The Labute approximate surface area is 203 Å². The van der Waals surface area contributed by atoms with Gasteiger partial charge in [-0.05, 0) is 44.0 Å². The molecule has 35 heavy (non-hydrogen) atoms. The van der Waals surface area contributed by atoms with Gasteiger partial charge in [0.1, 0.15) is 5.52 Å². The average Bonchev–Trinajstić information content (AvgIpc) is 3.57. The van der Waals surface area contributed by atoms with Gasteiger partial charge < -0.3 is 5.73 Å². The Morgan fingerprint density at radius 3 is 2.77 bits per heavy atom. The summed E-state index contributed by atoms with van der Waals surface area (Å²) in [6.45, 7) is 3.37. The van der Waals surface area contributed by atoms with Crippen LogP contribution in [0.15, 0.2) is 35.6 Å². The van der Waals surface area contributed by atoms with Crippen LogP contribution in [0.5, 0.6) is 0 Å². The number of pyridine rings is 1. The van der Waals surface area contributed by atoms with E-state index in [0.29, 0.717) is 28.0 Å². The maximum atomic E-state index is 15.1. The molecule has 0 radical (unpaired) electrons. The summed E-state index contributed by atoms with van der Waals surface area (Å²) in [6.07, 6.45) is 6.18. The Balaban J connectivity index is 1.56. The summed E-state index contributed by atoms with van der Waals surface area (Å²) in [5.74, 6) is -0.492. The van der Waals surface area contributed by atoms with Crippen LogP contribution >= 0.6 is 11.8 Å². The number of nitrogens with zero attached hydrogens (tertiary/aromatic N) is 4. The number of hydrogen-bond donors (Lipinski definition) is 1. The summed E-state index contributed by atoms with van der Waals surface area (Å²) in [5.41, 5.74) is 6.98. The molecule has 1 fully saturated rings. The molecule has 0 unspecified atom stereocenters. The monoisotopic (exact) mass is 499 g/mol. The fraction of sp³-hybridized carbons (Fsp3) is 0.360. The van der Waals surface area contributed by atoms with Crippen molar-refractivity contribution in [2.75, 3.05) is 0 Å². The number of aromatic nitrogens is 3. The Morgan fingerprint density at radius 1 is 1.29 bits per heavy atom. The molecule has 180 valence electrons. The third-order valence-corrected chi connectivity index (χ3v) is 8.20. The lowest BCUT2D eigenvalue weighted by Gasteiger charge is -2.34. The highest BCUT2D eigenvalue weighted by Crippen LogP contribution is 2.68. The Hall–Kier alpha value is -3.19. The molecule has 5 nitrogen and oxygen atoms in total. The molecule has 4 atom stereocenters. The first kappa shape index (κ1) is 23.5. The summed E-state index contributed by atoms with van der Waals surface area (Å²) < 4.78 is 56.1. The van der Waals surface area contributed by atoms with Gasteiger partial charge in [-0.1, -0.05) is 17.7 Å². The van der Waals surface area contributed by atoms with Gasteiger partial charge in [0.25, 0.3) is 6.43 Å². The predicted molar refractivity (Wildman–Crippen MR) is 127 cm³/mol. The second-order valence-corrected chi connectivity index (χ2v) is 10.5. The van der Waals surface area contributed by atoms with Crippen LogP contribution in [-0.4, -0.2) is 31.3 Å². The minimum absolute atomic E-state index is 0.0604. The van der Waals surface area contributed by atoms with E-state index < -0.39 is 34.3 Å². The van der Waals surface area contributed by atoms with Crippen molar-refractivity contribution >= 4 is 28.0 Å². The summed E-state index contributed by atoms with van der Waals surface area (Å²) in [4.78, 5) is 17.7. The normalized spacial score (nSPS) is 26.2. The molecule has 10 heteroatoms. The van der Waals surface area contributed by atoms with E-state index in [-0.39, 0.29) is 29.5 Å². The van der Waals surface area contributed by atoms with Crippen molar-refractivity contribution in [2.45, 2.75) is 49.3 Å². The van der Waals surface area contributed by atoms with Gasteiger partial charge in [0.15, 0.2) is 16.8 Å². The molecule has 0 saturated heterocycles. The average molecular weight is 500 g/mol. The Kier molecular flexibility index (Phi) is 5.51. The highest BCUT2D eigenvalue weighted by atomic mass is 32.2. The van der Waals surface area contributed by atoms with Crippen LogP contribution in [0.25, 0.3) is 11.0 Å². The number of aliphatic imine (C=N–C) groups is 1. The molecule has 0 bridgehead atoms. The van der Waals surface area contributed by atoms with Gasteiger partial charge in [-0.15, -0.1) is 6.42 Å². The first-order chi connectivity index (χ1) is 16.6. The van der Waals surface area contributed by atoms with Gasteiger partial charge >= 0.3 is 0 Å². The van der Waals surface area contributed by atoms with E-state index in [0.717, 1.165) is 17.8 Å². The van der Waals surface area contributed by atoms with Gasteiger partial charge in [0, 0.05) is 24.1 Å². The molecule has 0 amide bonds. The molecule has 1 aromatic carbocycles. The van der Waals surface area contributed by atoms with E-state index in [2.05, 4.69) is 25.9 Å². The lowest BCUT2D eigenvalue weighted by atomic mass is 9.84. The quantitative estimate of drug-likeness (QED) is 0.398. The SMILES string of the molecule is C#C[C@H](C)c1cnc2c(Cc3cc(F)c(F)c([C@@]4(C)N=C(N)S[C@@]5(C(F)F)C[C@@H]45)c3)nccc2n1. The predicted octanol–water partition coefficient (Wildman–Crippen LogP) is 4.93. The van der Waals surface area contributed by atoms with Crippen molar-refractivity contribution in [3.8, 4) is 12.3 Å². The third-order valence-electron chi connectivity index (χ3n) is 6.89. The van der Waals surface area contributed by atoms with E-state index in [4.69, 9.17) is 12.2 Å². The molecule has 0 spiro atoms. The second-order valence-electron chi connectivity index (χ2n) is 9.14. The number of nitrogens with two attached hydrogens (primary N) is 1. The van der Waals surface area contributed by atoms with E-state index in [9.17, 15) is 13.2 Å². The topological polar surface area (TPSA) is 77.0 Å². The maximum absolute atomic E-state index is 15.1. The minimum atomic E-state index is -2.66. The summed E-state index contributed by atoms with van der Waals surface area (Å²) >= 11 is 0.815. The lowest BCUT2D eigenvalue weighted by Crippen LogP contribution is -2.39. The first-order valence-electron chi connectivity index (χ1n) is 11.0. The van der Waals surface area contributed by atoms with Crippen molar-refractivity contribution in [2.24, 2.45) is 16.6 Å². The lowest BCUT2D eigenvalue weighted by molar-refractivity contribution is 0.123. The van der Waals surface area contributed by atoms with Crippen molar-refractivity contribution < 1.29 is 17.6 Å². The Bertz CT molecular complexity index is 1420. The Morgan fingerprint density at radius 2 is 2.06 bits per heavy atom. The van der Waals surface area contributed by atoms with Gasteiger partial charge in [-0.25, -0.2) is 22.5 Å². The molecule has 1 saturated carbocycles. The zero-order valence-corrected chi connectivity index (χ0v) is 19.7. The fourth-order valence-electron chi connectivity index (χ4n) is 4.85. The standard InChI is InChI=1S/C25H21F4N5S/c1-4-12(2)18-11-32-21-16(33-18)5-6-31-17(21)9-13-7-14(20(27)15(26)8-13)24(3)19-10-25(19,22(28)29)35-23(30)34-24/h1,5-8,11-12,19,22H,9-10H2,2-3H3,(H2,30,34)/t12-,19-,24+,25-/m0/s1. The fourth-order valence-corrected chi connectivity index (χ4v) is 6.19.